The van der Waals surface area contributed by atoms with Crippen molar-refractivity contribution in [3.05, 3.63) is 18.4 Å². The monoisotopic (exact) mass is 255 g/mol. The summed E-state index contributed by atoms with van der Waals surface area (Å²) in [5.74, 6) is 0. The molecule has 4 nitrogen and oxygen atoms in total. The molecule has 2 fully saturated rings. The van der Waals surface area contributed by atoms with Crippen molar-refractivity contribution >= 4 is 10.0 Å². The highest BCUT2D eigenvalue weighted by molar-refractivity contribution is 7.89. The topological polar surface area (TPSA) is 50.5 Å². The molecule has 1 aliphatic heterocycles. The largest absolute Gasteiger partial charge is 0.452 e. The third-order valence-corrected chi connectivity index (χ3v) is 6.03. The van der Waals surface area contributed by atoms with Crippen LogP contribution in [0.4, 0.5) is 0 Å². The molecule has 0 bridgehead atoms. The summed E-state index contributed by atoms with van der Waals surface area (Å²) in [6.07, 6.45) is 5.98. The average molecular weight is 255 g/mol. The van der Waals surface area contributed by atoms with Gasteiger partial charge in [0.2, 0.25) is 5.09 Å². The Balaban J connectivity index is 1.90. The van der Waals surface area contributed by atoms with E-state index in [9.17, 15) is 8.42 Å². The fourth-order valence-corrected chi connectivity index (χ4v) is 4.82. The summed E-state index contributed by atoms with van der Waals surface area (Å²) in [7, 11) is -3.43. The molecule has 0 aromatic carbocycles. The van der Waals surface area contributed by atoms with Gasteiger partial charge in [-0.3, -0.25) is 0 Å². The first-order valence-corrected chi connectivity index (χ1v) is 7.53. The highest BCUT2D eigenvalue weighted by Gasteiger charge is 2.50. The number of hydrogen-bond donors (Lipinski definition) is 0. The van der Waals surface area contributed by atoms with E-state index < -0.39 is 10.0 Å². The number of furan rings is 1. The molecule has 1 saturated heterocycles. The van der Waals surface area contributed by atoms with Crippen molar-refractivity contribution in [1.82, 2.24) is 4.31 Å². The molecule has 3 rings (SSSR count). The van der Waals surface area contributed by atoms with E-state index in [1.54, 1.807) is 10.4 Å². The van der Waals surface area contributed by atoms with Gasteiger partial charge in [0, 0.05) is 12.6 Å². The van der Waals surface area contributed by atoms with E-state index in [-0.39, 0.29) is 16.5 Å². The molecule has 1 aliphatic carbocycles. The van der Waals surface area contributed by atoms with E-state index in [0.717, 1.165) is 6.42 Å². The maximum Gasteiger partial charge on any atom is 0.276 e. The Kier molecular flexibility index (Phi) is 2.38. The molecule has 5 heteroatoms. The molecule has 1 saturated carbocycles. The molecule has 94 valence electrons. The van der Waals surface area contributed by atoms with E-state index in [0.29, 0.717) is 6.54 Å². The van der Waals surface area contributed by atoms with Gasteiger partial charge in [-0.15, -0.1) is 0 Å². The zero-order valence-electron chi connectivity index (χ0n) is 9.93. The summed E-state index contributed by atoms with van der Waals surface area (Å²) in [5, 5.41) is 0.0701. The summed E-state index contributed by atoms with van der Waals surface area (Å²) in [4.78, 5) is 0. The van der Waals surface area contributed by atoms with Gasteiger partial charge >= 0.3 is 0 Å². The molecule has 2 heterocycles. The normalized spacial score (nSPS) is 28.4. The molecule has 17 heavy (non-hydrogen) atoms. The maximum absolute atomic E-state index is 12.4. The van der Waals surface area contributed by atoms with Crippen LogP contribution in [0.15, 0.2) is 27.9 Å². The zero-order valence-corrected chi connectivity index (χ0v) is 10.7. The Morgan fingerprint density at radius 1 is 1.47 bits per heavy atom. The minimum absolute atomic E-state index is 0.0701. The first-order chi connectivity index (χ1) is 8.04. The third kappa shape index (κ3) is 1.64. The first-order valence-electron chi connectivity index (χ1n) is 6.09. The second-order valence-electron chi connectivity index (χ2n) is 5.39. The molecule has 0 radical (unpaired) electrons. The van der Waals surface area contributed by atoms with Crippen LogP contribution in [0, 0.1) is 5.41 Å². The van der Waals surface area contributed by atoms with Crippen LogP contribution in [0.1, 0.15) is 32.6 Å². The number of sulfonamides is 1. The van der Waals surface area contributed by atoms with Crippen molar-refractivity contribution in [1.29, 1.82) is 0 Å². The van der Waals surface area contributed by atoms with Crippen LogP contribution in [-0.4, -0.2) is 25.3 Å². The van der Waals surface area contributed by atoms with E-state index in [4.69, 9.17) is 4.42 Å². The van der Waals surface area contributed by atoms with Gasteiger partial charge in [-0.25, -0.2) is 8.42 Å². The van der Waals surface area contributed by atoms with Crippen LogP contribution in [-0.2, 0) is 10.0 Å². The smallest absolute Gasteiger partial charge is 0.276 e. The fourth-order valence-electron chi connectivity index (χ4n) is 3.17. The predicted octanol–water partition coefficient (Wildman–Crippen LogP) is 2.23. The highest BCUT2D eigenvalue weighted by atomic mass is 32.2. The lowest BCUT2D eigenvalue weighted by atomic mass is 9.68. The predicted molar refractivity (Wildman–Crippen MR) is 63.0 cm³/mol. The summed E-state index contributed by atoms with van der Waals surface area (Å²) >= 11 is 0. The second kappa shape index (κ2) is 3.59. The van der Waals surface area contributed by atoms with Crippen molar-refractivity contribution < 1.29 is 12.8 Å². The Labute approximate surface area is 102 Å². The zero-order chi connectivity index (χ0) is 12.1. The average Bonchev–Trinajstić information content (AvgIpc) is 2.82. The van der Waals surface area contributed by atoms with Gasteiger partial charge < -0.3 is 4.42 Å². The molecule has 0 amide bonds. The lowest BCUT2D eigenvalue weighted by molar-refractivity contribution is 0.152. The van der Waals surface area contributed by atoms with E-state index in [1.165, 1.54) is 31.6 Å². The minimum Gasteiger partial charge on any atom is -0.452 e. The standard InChI is InChI=1S/C12H17NO3S/c1-10-8-12(5-3-6-12)9-13(10)17(14,15)11-4-2-7-16-11/h2,4,7,10H,3,5-6,8-9H2,1H3. The van der Waals surface area contributed by atoms with E-state index >= 15 is 0 Å². The van der Waals surface area contributed by atoms with Crippen molar-refractivity contribution in [2.75, 3.05) is 6.54 Å². The SMILES string of the molecule is CC1CC2(CCC2)CN1S(=O)(=O)c1ccco1. The molecular formula is C12H17NO3S. The number of rotatable bonds is 2. The summed E-state index contributed by atoms with van der Waals surface area (Å²) in [6.45, 7) is 2.66. The van der Waals surface area contributed by atoms with Crippen molar-refractivity contribution in [3.63, 3.8) is 0 Å². The van der Waals surface area contributed by atoms with Crippen LogP contribution in [0.25, 0.3) is 0 Å². The number of nitrogens with zero attached hydrogens (tertiary/aromatic N) is 1. The minimum atomic E-state index is -3.43. The summed E-state index contributed by atoms with van der Waals surface area (Å²) in [6, 6.07) is 3.23. The quantitative estimate of drug-likeness (QED) is 0.814. The molecule has 1 aromatic heterocycles. The van der Waals surface area contributed by atoms with Crippen LogP contribution < -0.4 is 0 Å². The summed E-state index contributed by atoms with van der Waals surface area (Å²) in [5.41, 5.74) is 0.263. The van der Waals surface area contributed by atoms with Crippen LogP contribution >= 0.6 is 0 Å². The second-order valence-corrected chi connectivity index (χ2v) is 7.21. The first kappa shape index (κ1) is 11.3. The maximum atomic E-state index is 12.4. The molecule has 1 spiro atoms. The van der Waals surface area contributed by atoms with Crippen molar-refractivity contribution in [2.45, 2.75) is 43.7 Å². The lowest BCUT2D eigenvalue weighted by Crippen LogP contribution is -2.37. The van der Waals surface area contributed by atoms with Crippen LogP contribution in [0.2, 0.25) is 0 Å². The van der Waals surface area contributed by atoms with Crippen LogP contribution in [0.3, 0.4) is 0 Å². The van der Waals surface area contributed by atoms with Gasteiger partial charge in [0.15, 0.2) is 0 Å². The van der Waals surface area contributed by atoms with Gasteiger partial charge in [0.25, 0.3) is 10.0 Å². The Morgan fingerprint density at radius 2 is 2.24 bits per heavy atom. The molecule has 1 unspecified atom stereocenters. The van der Waals surface area contributed by atoms with Gasteiger partial charge in [-0.05, 0) is 43.7 Å². The Bertz CT molecular complexity index is 502. The summed E-state index contributed by atoms with van der Waals surface area (Å²) < 4.78 is 31.4. The van der Waals surface area contributed by atoms with Gasteiger partial charge in [0.1, 0.15) is 0 Å². The van der Waals surface area contributed by atoms with E-state index in [2.05, 4.69) is 0 Å². The van der Waals surface area contributed by atoms with Gasteiger partial charge in [-0.1, -0.05) is 6.42 Å². The van der Waals surface area contributed by atoms with Crippen molar-refractivity contribution in [2.24, 2.45) is 5.41 Å². The Morgan fingerprint density at radius 3 is 2.71 bits per heavy atom. The molecule has 1 aromatic rings. The molecule has 2 aliphatic rings. The number of hydrogen-bond acceptors (Lipinski definition) is 3. The third-order valence-electron chi connectivity index (χ3n) is 4.18. The highest BCUT2D eigenvalue weighted by Crippen LogP contribution is 2.51. The fraction of sp³-hybridized carbons (Fsp3) is 0.667. The Hall–Kier alpha value is -0.810. The van der Waals surface area contributed by atoms with E-state index in [1.807, 2.05) is 6.92 Å². The molecule has 1 atom stereocenters. The van der Waals surface area contributed by atoms with Crippen LogP contribution in [0.5, 0.6) is 0 Å². The molecular weight excluding hydrogens is 238 g/mol. The van der Waals surface area contributed by atoms with Crippen molar-refractivity contribution in [3.8, 4) is 0 Å². The van der Waals surface area contributed by atoms with Gasteiger partial charge in [-0.2, -0.15) is 4.31 Å². The lowest BCUT2D eigenvalue weighted by Gasteiger charge is -2.37. The van der Waals surface area contributed by atoms with Gasteiger partial charge in [0.05, 0.1) is 6.26 Å². The molecule has 0 N–H and O–H groups in total.